The Bertz CT molecular complexity index is 445. The van der Waals surface area contributed by atoms with Crippen molar-refractivity contribution in [3.05, 3.63) is 29.1 Å². The van der Waals surface area contributed by atoms with Gasteiger partial charge in [0.1, 0.15) is 5.82 Å². The first-order valence-electron chi connectivity index (χ1n) is 6.00. The molecule has 4 heteroatoms. The molecular formula is C13H17FN2O. The van der Waals surface area contributed by atoms with E-state index in [0.29, 0.717) is 19.4 Å². The standard InChI is InChI=1S/C13H17FN2O/c1-2-10-11-7-9(14)6-8(4-3-5-15)12(11)16-13(10)17/h6-7,10H,2-5,15H2,1H3,(H,16,17). The van der Waals surface area contributed by atoms with Gasteiger partial charge in [-0.3, -0.25) is 4.79 Å². The minimum atomic E-state index is -0.272. The third-order valence-corrected chi connectivity index (χ3v) is 3.21. The molecule has 0 spiro atoms. The van der Waals surface area contributed by atoms with Gasteiger partial charge in [0.05, 0.1) is 5.92 Å². The Morgan fingerprint density at radius 3 is 2.88 bits per heavy atom. The predicted molar refractivity (Wildman–Crippen MR) is 65.4 cm³/mol. The van der Waals surface area contributed by atoms with E-state index in [9.17, 15) is 9.18 Å². The maximum Gasteiger partial charge on any atom is 0.232 e. The minimum Gasteiger partial charge on any atom is -0.330 e. The van der Waals surface area contributed by atoms with Crippen molar-refractivity contribution < 1.29 is 9.18 Å². The summed E-state index contributed by atoms with van der Waals surface area (Å²) < 4.78 is 13.5. The van der Waals surface area contributed by atoms with E-state index in [-0.39, 0.29) is 17.6 Å². The lowest BCUT2D eigenvalue weighted by Gasteiger charge is -2.09. The smallest absolute Gasteiger partial charge is 0.232 e. The van der Waals surface area contributed by atoms with Crippen LogP contribution >= 0.6 is 0 Å². The molecule has 0 bridgehead atoms. The lowest BCUT2D eigenvalue weighted by molar-refractivity contribution is -0.117. The molecule has 1 aromatic rings. The van der Waals surface area contributed by atoms with Gasteiger partial charge >= 0.3 is 0 Å². The molecule has 1 amide bonds. The van der Waals surface area contributed by atoms with Crippen molar-refractivity contribution in [3.63, 3.8) is 0 Å². The van der Waals surface area contributed by atoms with Crippen molar-refractivity contribution in [2.24, 2.45) is 5.73 Å². The maximum atomic E-state index is 13.5. The molecule has 0 fully saturated rings. The highest BCUT2D eigenvalue weighted by molar-refractivity contribution is 6.03. The van der Waals surface area contributed by atoms with E-state index in [1.807, 2.05) is 6.92 Å². The number of carbonyl (C=O) groups excluding carboxylic acids is 1. The third kappa shape index (κ3) is 2.17. The van der Waals surface area contributed by atoms with E-state index in [1.165, 1.54) is 12.1 Å². The zero-order valence-electron chi connectivity index (χ0n) is 9.92. The number of anilines is 1. The van der Waals surface area contributed by atoms with Crippen molar-refractivity contribution in [1.29, 1.82) is 0 Å². The van der Waals surface area contributed by atoms with E-state index in [4.69, 9.17) is 5.73 Å². The second kappa shape index (κ2) is 4.84. The fourth-order valence-corrected chi connectivity index (χ4v) is 2.36. The molecule has 1 atom stereocenters. The van der Waals surface area contributed by atoms with Crippen LogP contribution in [0.1, 0.15) is 36.8 Å². The zero-order valence-corrected chi connectivity index (χ0v) is 9.92. The fourth-order valence-electron chi connectivity index (χ4n) is 2.36. The Hall–Kier alpha value is -1.42. The van der Waals surface area contributed by atoms with Gasteiger partial charge in [-0.05, 0) is 49.1 Å². The van der Waals surface area contributed by atoms with Crippen LogP contribution in [0.5, 0.6) is 0 Å². The van der Waals surface area contributed by atoms with Crippen molar-refractivity contribution in [2.75, 3.05) is 11.9 Å². The molecule has 0 saturated carbocycles. The normalized spacial score (nSPS) is 18.1. The largest absolute Gasteiger partial charge is 0.330 e. The second-order valence-corrected chi connectivity index (χ2v) is 4.37. The van der Waals surface area contributed by atoms with Gasteiger partial charge in [0, 0.05) is 5.69 Å². The highest BCUT2D eigenvalue weighted by atomic mass is 19.1. The molecule has 2 rings (SSSR count). The summed E-state index contributed by atoms with van der Waals surface area (Å²) in [5.41, 5.74) is 7.91. The summed E-state index contributed by atoms with van der Waals surface area (Å²) in [6, 6.07) is 2.96. The van der Waals surface area contributed by atoms with E-state index in [1.54, 1.807) is 0 Å². The van der Waals surface area contributed by atoms with E-state index >= 15 is 0 Å². The summed E-state index contributed by atoms with van der Waals surface area (Å²) in [5.74, 6) is -0.509. The first-order chi connectivity index (χ1) is 8.17. The van der Waals surface area contributed by atoms with Crippen LogP contribution in [0.25, 0.3) is 0 Å². The lowest BCUT2D eigenvalue weighted by atomic mass is 9.95. The van der Waals surface area contributed by atoms with Crippen molar-refractivity contribution in [2.45, 2.75) is 32.1 Å². The van der Waals surface area contributed by atoms with Gasteiger partial charge in [-0.1, -0.05) is 6.92 Å². The summed E-state index contributed by atoms with van der Waals surface area (Å²) in [6.07, 6.45) is 2.19. The number of halogens is 1. The summed E-state index contributed by atoms with van der Waals surface area (Å²) >= 11 is 0. The van der Waals surface area contributed by atoms with Crippen molar-refractivity contribution in [3.8, 4) is 0 Å². The summed E-state index contributed by atoms with van der Waals surface area (Å²) in [4.78, 5) is 11.7. The van der Waals surface area contributed by atoms with Crippen LogP contribution < -0.4 is 11.1 Å². The number of benzene rings is 1. The maximum absolute atomic E-state index is 13.5. The van der Waals surface area contributed by atoms with Gasteiger partial charge < -0.3 is 11.1 Å². The molecule has 0 aliphatic carbocycles. The average Bonchev–Trinajstić information content (AvgIpc) is 2.61. The number of fused-ring (bicyclic) bond motifs is 1. The van der Waals surface area contributed by atoms with Gasteiger partial charge in [-0.15, -0.1) is 0 Å². The first kappa shape index (κ1) is 12.0. The second-order valence-electron chi connectivity index (χ2n) is 4.37. The Morgan fingerprint density at radius 1 is 1.47 bits per heavy atom. The van der Waals surface area contributed by atoms with Gasteiger partial charge in [-0.25, -0.2) is 4.39 Å². The molecule has 1 aliphatic heterocycles. The molecule has 1 heterocycles. The Morgan fingerprint density at radius 2 is 2.24 bits per heavy atom. The van der Waals surface area contributed by atoms with Gasteiger partial charge in [-0.2, -0.15) is 0 Å². The van der Waals surface area contributed by atoms with Gasteiger partial charge in [0.2, 0.25) is 5.91 Å². The van der Waals surface area contributed by atoms with E-state index < -0.39 is 0 Å². The van der Waals surface area contributed by atoms with Crippen LogP contribution in [0.4, 0.5) is 10.1 Å². The fraction of sp³-hybridized carbons (Fsp3) is 0.462. The SMILES string of the molecule is CCC1C(=O)Nc2c(CCCN)cc(F)cc21. The van der Waals surface area contributed by atoms with Crippen LogP contribution in [-0.4, -0.2) is 12.5 Å². The average molecular weight is 236 g/mol. The number of carbonyl (C=O) groups is 1. The van der Waals surface area contributed by atoms with Crippen LogP contribution in [0.3, 0.4) is 0 Å². The summed E-state index contributed by atoms with van der Waals surface area (Å²) in [7, 11) is 0. The number of hydrogen-bond acceptors (Lipinski definition) is 2. The van der Waals surface area contributed by atoms with Gasteiger partial charge in [0.25, 0.3) is 0 Å². The first-order valence-corrected chi connectivity index (χ1v) is 6.00. The summed E-state index contributed by atoms with van der Waals surface area (Å²) in [5, 5.41) is 2.86. The van der Waals surface area contributed by atoms with Crippen LogP contribution in [-0.2, 0) is 11.2 Å². The minimum absolute atomic E-state index is 0.0258. The molecule has 1 aromatic carbocycles. The number of nitrogens with one attached hydrogen (secondary N) is 1. The molecule has 0 aromatic heterocycles. The van der Waals surface area contributed by atoms with E-state index in [2.05, 4.69) is 5.32 Å². The molecule has 3 N–H and O–H groups in total. The monoisotopic (exact) mass is 236 g/mol. The third-order valence-electron chi connectivity index (χ3n) is 3.21. The highest BCUT2D eigenvalue weighted by Gasteiger charge is 2.31. The van der Waals surface area contributed by atoms with Gasteiger partial charge in [0.15, 0.2) is 0 Å². The topological polar surface area (TPSA) is 55.1 Å². The van der Waals surface area contributed by atoms with E-state index in [0.717, 1.165) is 23.2 Å². The molecule has 3 nitrogen and oxygen atoms in total. The van der Waals surface area contributed by atoms with Crippen LogP contribution in [0.15, 0.2) is 12.1 Å². The molecule has 1 aliphatic rings. The predicted octanol–water partition coefficient (Wildman–Crippen LogP) is 2.16. The lowest BCUT2D eigenvalue weighted by Crippen LogP contribution is -2.11. The van der Waals surface area contributed by atoms with Crippen molar-refractivity contribution >= 4 is 11.6 Å². The molecule has 17 heavy (non-hydrogen) atoms. The number of aryl methyl sites for hydroxylation is 1. The number of hydrogen-bond donors (Lipinski definition) is 2. The number of rotatable bonds is 4. The molecule has 1 unspecified atom stereocenters. The Balaban J connectivity index is 2.40. The molecular weight excluding hydrogens is 219 g/mol. The molecule has 92 valence electrons. The quantitative estimate of drug-likeness (QED) is 0.841. The molecule has 0 radical (unpaired) electrons. The molecule has 0 saturated heterocycles. The van der Waals surface area contributed by atoms with Crippen molar-refractivity contribution in [1.82, 2.24) is 0 Å². The number of nitrogens with two attached hydrogens (primary N) is 1. The van der Waals surface area contributed by atoms with Crippen LogP contribution in [0.2, 0.25) is 0 Å². The number of amides is 1. The highest BCUT2D eigenvalue weighted by Crippen LogP contribution is 2.38. The van der Waals surface area contributed by atoms with Crippen LogP contribution in [0, 0.1) is 5.82 Å². The zero-order chi connectivity index (χ0) is 12.4. The Kier molecular flexibility index (Phi) is 3.43. The Labute approximate surface area is 100 Å². The summed E-state index contributed by atoms with van der Waals surface area (Å²) in [6.45, 7) is 2.50.